The van der Waals surface area contributed by atoms with Gasteiger partial charge in [-0.05, 0) is 49.4 Å². The Balaban J connectivity index is 1.59. The fourth-order valence-electron chi connectivity index (χ4n) is 5.04. The molecule has 1 atom stereocenters. The molecule has 2 aromatic carbocycles. The maximum atomic E-state index is 14.1. The quantitative estimate of drug-likeness (QED) is 0.395. The molecule has 1 aromatic heterocycles. The number of hydrogen-bond acceptors (Lipinski definition) is 6. The van der Waals surface area contributed by atoms with Crippen molar-refractivity contribution in [2.45, 2.75) is 57.5 Å². The van der Waals surface area contributed by atoms with Crippen LogP contribution in [0.15, 0.2) is 60.0 Å². The zero-order chi connectivity index (χ0) is 25.6. The number of carbonyl (C=O) groups is 2. The number of fused-ring (bicyclic) bond motifs is 1. The van der Waals surface area contributed by atoms with Gasteiger partial charge in [0, 0.05) is 28.2 Å². The summed E-state index contributed by atoms with van der Waals surface area (Å²) in [6.07, 6.45) is 5.43. The molecule has 5 rings (SSSR count). The predicted molar refractivity (Wildman–Crippen MR) is 143 cm³/mol. The smallest absolute Gasteiger partial charge is 0.248 e. The zero-order valence-corrected chi connectivity index (χ0v) is 21.8. The summed E-state index contributed by atoms with van der Waals surface area (Å²) in [5.74, 6) is 1.36. The molecule has 8 heteroatoms. The fourth-order valence-corrected chi connectivity index (χ4v) is 5.73. The molecule has 1 aliphatic carbocycles. The molecule has 2 aliphatic rings. The number of nitrogens with one attached hydrogen (secondary N) is 1. The van der Waals surface area contributed by atoms with Crippen LogP contribution in [0.2, 0.25) is 0 Å². The van der Waals surface area contributed by atoms with Crippen LogP contribution in [0.5, 0.6) is 17.2 Å². The summed E-state index contributed by atoms with van der Waals surface area (Å²) < 4.78 is 17.1. The summed E-state index contributed by atoms with van der Waals surface area (Å²) in [7, 11) is 0. The second-order valence-electron chi connectivity index (χ2n) is 9.27. The van der Waals surface area contributed by atoms with Crippen molar-refractivity contribution in [1.29, 1.82) is 0 Å². The number of amides is 2. The first-order chi connectivity index (χ1) is 18.1. The summed E-state index contributed by atoms with van der Waals surface area (Å²) >= 11 is 1.52. The van der Waals surface area contributed by atoms with Gasteiger partial charge in [-0.15, -0.1) is 11.3 Å². The van der Waals surface area contributed by atoms with E-state index >= 15 is 0 Å². The highest BCUT2D eigenvalue weighted by Gasteiger charge is 2.36. The van der Waals surface area contributed by atoms with Crippen LogP contribution in [-0.2, 0) is 16.0 Å². The average Bonchev–Trinajstić information content (AvgIpc) is 3.60. The maximum Gasteiger partial charge on any atom is 0.248 e. The molecule has 0 saturated heterocycles. The largest absolute Gasteiger partial charge is 0.493 e. The third-order valence-electron chi connectivity index (χ3n) is 6.78. The summed E-state index contributed by atoms with van der Waals surface area (Å²) in [6.45, 7) is 2.48. The van der Waals surface area contributed by atoms with E-state index in [1.54, 1.807) is 17.0 Å². The van der Waals surface area contributed by atoms with E-state index in [2.05, 4.69) is 5.32 Å². The molecule has 1 aliphatic heterocycles. The van der Waals surface area contributed by atoms with E-state index in [-0.39, 0.29) is 31.1 Å². The number of benzene rings is 2. The monoisotopic (exact) mass is 520 g/mol. The van der Waals surface area contributed by atoms with Crippen LogP contribution in [0, 0.1) is 0 Å². The Bertz CT molecular complexity index is 1220. The molecule has 2 amide bonds. The molecule has 0 unspecified atom stereocenters. The van der Waals surface area contributed by atoms with Crippen LogP contribution in [0.25, 0.3) is 0 Å². The van der Waals surface area contributed by atoms with E-state index in [1.165, 1.54) is 17.8 Å². The normalized spacial score (nSPS) is 15.7. The second kappa shape index (κ2) is 11.7. The Morgan fingerprint density at radius 2 is 1.86 bits per heavy atom. The number of thiophene rings is 1. The molecule has 194 valence electrons. The summed E-state index contributed by atoms with van der Waals surface area (Å²) in [5.41, 5.74) is 1.22. The first-order valence-electron chi connectivity index (χ1n) is 12.9. The van der Waals surface area contributed by atoms with Gasteiger partial charge < -0.3 is 19.5 Å². The topological polar surface area (TPSA) is 77.1 Å². The lowest BCUT2D eigenvalue weighted by Gasteiger charge is -2.34. The Hall–Kier alpha value is -3.52. The SMILES string of the molecule is CCOc1ccccc1[C@@H](C(=O)NC1CCCCC1)N(C(=O)Cc1cccs1)c1ccc2c(c1)OCO2. The van der Waals surface area contributed by atoms with E-state index < -0.39 is 6.04 Å². The summed E-state index contributed by atoms with van der Waals surface area (Å²) in [6, 6.07) is 15.9. The van der Waals surface area contributed by atoms with Crippen LogP contribution in [0.1, 0.15) is 55.5 Å². The minimum Gasteiger partial charge on any atom is -0.493 e. The van der Waals surface area contributed by atoms with Gasteiger partial charge in [0.15, 0.2) is 11.5 Å². The van der Waals surface area contributed by atoms with Crippen LogP contribution >= 0.6 is 11.3 Å². The Kier molecular flexibility index (Phi) is 7.94. The third-order valence-corrected chi connectivity index (χ3v) is 7.66. The molecular formula is C29H32N2O5S. The average molecular weight is 521 g/mol. The number of hydrogen-bond donors (Lipinski definition) is 1. The van der Waals surface area contributed by atoms with Crippen molar-refractivity contribution in [3.8, 4) is 17.2 Å². The molecule has 2 heterocycles. The predicted octanol–water partition coefficient (Wildman–Crippen LogP) is 5.64. The van der Waals surface area contributed by atoms with Gasteiger partial charge in [0.05, 0.1) is 13.0 Å². The third kappa shape index (κ3) is 5.74. The van der Waals surface area contributed by atoms with Crippen molar-refractivity contribution in [2.24, 2.45) is 0 Å². The highest BCUT2D eigenvalue weighted by Crippen LogP contribution is 2.40. The Morgan fingerprint density at radius 3 is 2.65 bits per heavy atom. The first kappa shape index (κ1) is 25.1. The molecule has 1 saturated carbocycles. The summed E-state index contributed by atoms with van der Waals surface area (Å²) in [4.78, 5) is 30.7. The molecule has 37 heavy (non-hydrogen) atoms. The van der Waals surface area contributed by atoms with Gasteiger partial charge in [0.1, 0.15) is 11.8 Å². The molecular weight excluding hydrogens is 488 g/mol. The van der Waals surface area contributed by atoms with Crippen molar-refractivity contribution in [1.82, 2.24) is 5.32 Å². The molecule has 0 spiro atoms. The highest BCUT2D eigenvalue weighted by molar-refractivity contribution is 7.10. The zero-order valence-electron chi connectivity index (χ0n) is 21.0. The molecule has 3 aromatic rings. The standard InChI is InChI=1S/C29H32N2O5S/c1-2-34-24-13-7-6-12-23(24)28(29(33)30-20-9-4-3-5-10-20)31(27(32)18-22-11-8-16-37-22)21-14-15-25-26(17-21)36-19-35-25/h6-8,11-17,20,28H,2-5,9-10,18-19H2,1H3,(H,30,33)/t28-/m0/s1. The van der Waals surface area contributed by atoms with Crippen molar-refractivity contribution < 1.29 is 23.8 Å². The molecule has 1 N–H and O–H groups in total. The number of nitrogens with zero attached hydrogens (tertiary/aromatic N) is 1. The van der Waals surface area contributed by atoms with Gasteiger partial charge in [-0.3, -0.25) is 14.5 Å². The van der Waals surface area contributed by atoms with Gasteiger partial charge in [-0.1, -0.05) is 43.5 Å². The first-order valence-corrected chi connectivity index (χ1v) is 13.8. The van der Waals surface area contributed by atoms with Gasteiger partial charge in [0.25, 0.3) is 0 Å². The van der Waals surface area contributed by atoms with Gasteiger partial charge >= 0.3 is 0 Å². The van der Waals surface area contributed by atoms with E-state index in [0.29, 0.717) is 35.1 Å². The number of carbonyl (C=O) groups excluding carboxylic acids is 2. The summed E-state index contributed by atoms with van der Waals surface area (Å²) in [5, 5.41) is 5.21. The molecule has 0 radical (unpaired) electrons. The second-order valence-corrected chi connectivity index (χ2v) is 10.3. The van der Waals surface area contributed by atoms with Gasteiger partial charge in [-0.2, -0.15) is 0 Å². The van der Waals surface area contributed by atoms with Gasteiger partial charge in [-0.25, -0.2) is 0 Å². The van der Waals surface area contributed by atoms with E-state index in [4.69, 9.17) is 14.2 Å². The molecule has 1 fully saturated rings. The van der Waals surface area contributed by atoms with E-state index in [9.17, 15) is 9.59 Å². The molecule has 0 bridgehead atoms. The van der Waals surface area contributed by atoms with Crippen LogP contribution < -0.4 is 24.4 Å². The minimum absolute atomic E-state index is 0.0917. The number of rotatable bonds is 9. The Morgan fingerprint density at radius 1 is 1.05 bits per heavy atom. The lowest BCUT2D eigenvalue weighted by molar-refractivity contribution is -0.127. The number of ether oxygens (including phenoxy) is 3. The van der Waals surface area contributed by atoms with E-state index in [0.717, 1.165) is 30.6 Å². The number of anilines is 1. The van der Waals surface area contributed by atoms with E-state index in [1.807, 2.05) is 54.8 Å². The van der Waals surface area contributed by atoms with Crippen molar-refractivity contribution in [3.05, 3.63) is 70.4 Å². The lowest BCUT2D eigenvalue weighted by Crippen LogP contribution is -2.47. The van der Waals surface area contributed by atoms with Crippen LogP contribution in [0.4, 0.5) is 5.69 Å². The maximum absolute atomic E-state index is 14.1. The van der Waals surface area contributed by atoms with Crippen molar-refractivity contribution in [3.63, 3.8) is 0 Å². The molecule has 7 nitrogen and oxygen atoms in total. The van der Waals surface area contributed by atoms with Crippen molar-refractivity contribution >= 4 is 28.8 Å². The highest BCUT2D eigenvalue weighted by atomic mass is 32.1. The minimum atomic E-state index is -0.919. The van der Waals surface area contributed by atoms with Crippen molar-refractivity contribution in [2.75, 3.05) is 18.3 Å². The number of para-hydroxylation sites is 1. The lowest BCUT2D eigenvalue weighted by atomic mass is 9.94. The Labute approximate surface area is 221 Å². The van der Waals surface area contributed by atoms with Crippen LogP contribution in [-0.4, -0.2) is 31.3 Å². The fraction of sp³-hybridized carbons (Fsp3) is 0.379. The van der Waals surface area contributed by atoms with Crippen LogP contribution in [0.3, 0.4) is 0 Å². The van der Waals surface area contributed by atoms with Gasteiger partial charge in [0.2, 0.25) is 18.6 Å².